The molecule has 214 valence electrons. The zero-order chi connectivity index (χ0) is 28.8. The zero-order valence-corrected chi connectivity index (χ0v) is 26.2. The summed E-state index contributed by atoms with van der Waals surface area (Å²) in [7, 11) is 0. The van der Waals surface area contributed by atoms with Crippen LogP contribution in [-0.4, -0.2) is 38.7 Å². The van der Waals surface area contributed by atoms with Gasteiger partial charge in [-0.25, -0.2) is 4.98 Å². The van der Waals surface area contributed by atoms with E-state index in [1.54, 1.807) is 17.2 Å². The molecular formula is C30H29Cl2N3O3S3. The van der Waals surface area contributed by atoms with Crippen LogP contribution in [0.15, 0.2) is 53.6 Å². The number of rotatable bonds is 10. The lowest BCUT2D eigenvalue weighted by molar-refractivity contribution is -0.122. The standard InChI is InChI=1S/C30H29Cl2N3O3S3/c31-21-13-19(14-22(32)17-21)15-24-18-33-29(40-24)34-27(36)11-6-12-35-28(37)26(41-30(35)39)16-20-7-4-5-10-25(20)38-23-8-2-1-3-9-23/h4-5,7,10,13-14,16-18,23H,1-3,6,8-9,11-12,15H2,(H,33,34,36)/b26-16-. The number of para-hydroxylation sites is 1. The number of carbonyl (C=O) groups is 2. The predicted octanol–water partition coefficient (Wildman–Crippen LogP) is 8.37. The third-order valence-electron chi connectivity index (χ3n) is 6.81. The molecule has 1 saturated heterocycles. The summed E-state index contributed by atoms with van der Waals surface area (Å²) in [6, 6.07) is 13.2. The molecule has 2 aromatic carbocycles. The molecule has 0 bridgehead atoms. The number of nitrogens with one attached hydrogen (secondary N) is 1. The van der Waals surface area contributed by atoms with Gasteiger partial charge in [-0.3, -0.25) is 14.5 Å². The average Bonchev–Trinajstić information content (AvgIpc) is 3.48. The molecule has 2 heterocycles. The maximum atomic E-state index is 13.2. The number of thioether (sulfide) groups is 1. The maximum absolute atomic E-state index is 13.2. The molecule has 1 aromatic heterocycles. The van der Waals surface area contributed by atoms with Crippen molar-refractivity contribution in [3.8, 4) is 5.75 Å². The Bertz CT molecular complexity index is 1450. The number of hydrogen-bond acceptors (Lipinski definition) is 7. The van der Waals surface area contributed by atoms with Crippen LogP contribution in [0.5, 0.6) is 5.75 Å². The van der Waals surface area contributed by atoms with Gasteiger partial charge in [0.2, 0.25) is 5.91 Å². The first-order valence-corrected chi connectivity index (χ1v) is 16.3. The Balaban J connectivity index is 1.12. The fraction of sp³-hybridized carbons (Fsp3) is 0.333. The topological polar surface area (TPSA) is 71.5 Å². The molecule has 41 heavy (non-hydrogen) atoms. The minimum absolute atomic E-state index is 0.140. The van der Waals surface area contributed by atoms with Crippen LogP contribution in [0.1, 0.15) is 60.9 Å². The van der Waals surface area contributed by atoms with E-state index in [1.807, 2.05) is 42.5 Å². The van der Waals surface area contributed by atoms with Crippen molar-refractivity contribution in [3.63, 3.8) is 0 Å². The molecule has 0 unspecified atom stereocenters. The lowest BCUT2D eigenvalue weighted by Crippen LogP contribution is -2.29. The van der Waals surface area contributed by atoms with E-state index in [4.69, 9.17) is 40.2 Å². The normalized spacial score (nSPS) is 16.9. The van der Waals surface area contributed by atoms with Gasteiger partial charge in [-0.15, -0.1) is 11.3 Å². The molecule has 2 amide bonds. The van der Waals surface area contributed by atoms with Crippen molar-refractivity contribution in [2.75, 3.05) is 11.9 Å². The van der Waals surface area contributed by atoms with Gasteiger partial charge in [0.25, 0.3) is 5.91 Å². The number of thiocarbonyl (C=S) groups is 1. The van der Waals surface area contributed by atoms with Crippen molar-refractivity contribution in [1.82, 2.24) is 9.88 Å². The minimum Gasteiger partial charge on any atom is -0.490 e. The first kappa shape index (κ1) is 30.0. The number of amides is 2. The van der Waals surface area contributed by atoms with Gasteiger partial charge in [0.1, 0.15) is 10.1 Å². The van der Waals surface area contributed by atoms with E-state index in [0.717, 1.165) is 34.6 Å². The summed E-state index contributed by atoms with van der Waals surface area (Å²) in [5.41, 5.74) is 1.85. The van der Waals surface area contributed by atoms with E-state index >= 15 is 0 Å². The SMILES string of the molecule is O=C(CCCN1C(=O)/C(=C/c2ccccc2OC2CCCCC2)SC1=S)Nc1ncc(Cc2cc(Cl)cc(Cl)c2)s1. The van der Waals surface area contributed by atoms with Gasteiger partial charge in [0.05, 0.1) is 11.0 Å². The summed E-state index contributed by atoms with van der Waals surface area (Å²) >= 11 is 20.4. The van der Waals surface area contributed by atoms with Crippen LogP contribution in [0.2, 0.25) is 10.0 Å². The second-order valence-corrected chi connectivity index (χ2v) is 13.7. The average molecular weight is 647 g/mol. The molecule has 3 aromatic rings. The molecule has 2 fully saturated rings. The van der Waals surface area contributed by atoms with Crippen molar-refractivity contribution in [2.45, 2.75) is 57.5 Å². The summed E-state index contributed by atoms with van der Waals surface area (Å²) in [5, 5.41) is 4.54. The fourth-order valence-corrected chi connectivity index (χ4v) is 7.58. The number of halogens is 2. The van der Waals surface area contributed by atoms with E-state index < -0.39 is 0 Å². The van der Waals surface area contributed by atoms with Crippen molar-refractivity contribution in [1.29, 1.82) is 0 Å². The van der Waals surface area contributed by atoms with Crippen molar-refractivity contribution >= 4 is 85.9 Å². The first-order valence-electron chi connectivity index (χ1n) is 13.5. The first-order chi connectivity index (χ1) is 19.8. The number of benzene rings is 2. The van der Waals surface area contributed by atoms with Crippen LogP contribution in [0.4, 0.5) is 5.13 Å². The van der Waals surface area contributed by atoms with E-state index in [0.29, 0.717) is 43.8 Å². The van der Waals surface area contributed by atoms with Crippen LogP contribution in [0, 0.1) is 0 Å². The van der Waals surface area contributed by atoms with Gasteiger partial charge in [0, 0.05) is 46.1 Å². The molecule has 1 aliphatic carbocycles. The van der Waals surface area contributed by atoms with Crippen LogP contribution in [-0.2, 0) is 16.0 Å². The Labute approximate surface area is 263 Å². The van der Waals surface area contributed by atoms with E-state index in [2.05, 4.69) is 10.3 Å². The Morgan fingerprint density at radius 3 is 2.68 bits per heavy atom. The highest BCUT2D eigenvalue weighted by atomic mass is 35.5. The van der Waals surface area contributed by atoms with Crippen molar-refractivity contribution < 1.29 is 14.3 Å². The zero-order valence-electron chi connectivity index (χ0n) is 22.2. The van der Waals surface area contributed by atoms with Crippen LogP contribution in [0.3, 0.4) is 0 Å². The van der Waals surface area contributed by atoms with E-state index in [9.17, 15) is 9.59 Å². The van der Waals surface area contributed by atoms with Crippen LogP contribution in [0.25, 0.3) is 6.08 Å². The molecular weight excluding hydrogens is 617 g/mol. The highest BCUT2D eigenvalue weighted by Gasteiger charge is 2.32. The van der Waals surface area contributed by atoms with Gasteiger partial charge >= 0.3 is 0 Å². The molecule has 5 rings (SSSR count). The minimum atomic E-state index is -0.161. The van der Waals surface area contributed by atoms with Crippen LogP contribution >= 0.6 is 58.5 Å². The lowest BCUT2D eigenvalue weighted by Gasteiger charge is -2.23. The number of aromatic nitrogens is 1. The monoisotopic (exact) mass is 645 g/mol. The van der Waals surface area contributed by atoms with Gasteiger partial charge in [0.15, 0.2) is 5.13 Å². The predicted molar refractivity (Wildman–Crippen MR) is 173 cm³/mol. The second kappa shape index (κ2) is 14.2. The number of hydrogen-bond donors (Lipinski definition) is 1. The third kappa shape index (κ3) is 8.32. The molecule has 1 N–H and O–H groups in total. The van der Waals surface area contributed by atoms with E-state index in [1.165, 1.54) is 42.4 Å². The molecule has 1 aliphatic heterocycles. The van der Waals surface area contributed by atoms with Crippen molar-refractivity contribution in [3.05, 3.63) is 79.6 Å². The van der Waals surface area contributed by atoms with Gasteiger partial charge in [-0.2, -0.15) is 0 Å². The number of anilines is 1. The number of carbonyl (C=O) groups excluding carboxylic acids is 2. The van der Waals surface area contributed by atoms with Gasteiger partial charge in [-0.05, 0) is 68.0 Å². The van der Waals surface area contributed by atoms with Crippen molar-refractivity contribution in [2.24, 2.45) is 0 Å². The highest BCUT2D eigenvalue weighted by molar-refractivity contribution is 8.26. The quantitative estimate of drug-likeness (QED) is 0.176. The van der Waals surface area contributed by atoms with Gasteiger partial charge < -0.3 is 10.1 Å². The lowest BCUT2D eigenvalue weighted by atomic mass is 9.97. The Kier molecular flexibility index (Phi) is 10.4. The molecule has 6 nitrogen and oxygen atoms in total. The van der Waals surface area contributed by atoms with Crippen LogP contribution < -0.4 is 10.1 Å². The Morgan fingerprint density at radius 1 is 1.15 bits per heavy atom. The molecule has 11 heteroatoms. The summed E-state index contributed by atoms with van der Waals surface area (Å²) in [4.78, 5) is 33.2. The summed E-state index contributed by atoms with van der Waals surface area (Å²) in [5.74, 6) is 0.494. The summed E-state index contributed by atoms with van der Waals surface area (Å²) < 4.78 is 6.79. The molecule has 0 atom stereocenters. The maximum Gasteiger partial charge on any atom is 0.266 e. The number of nitrogens with zero attached hydrogens (tertiary/aromatic N) is 2. The largest absolute Gasteiger partial charge is 0.490 e. The fourth-order valence-electron chi connectivity index (χ4n) is 4.84. The number of thiazole rings is 1. The highest BCUT2D eigenvalue weighted by Crippen LogP contribution is 2.35. The third-order valence-corrected chi connectivity index (χ3v) is 9.54. The smallest absolute Gasteiger partial charge is 0.266 e. The molecule has 1 saturated carbocycles. The molecule has 0 radical (unpaired) electrons. The Hall–Kier alpha value is -2.43. The Morgan fingerprint density at radius 2 is 1.90 bits per heavy atom. The van der Waals surface area contributed by atoms with E-state index in [-0.39, 0.29) is 24.3 Å². The van der Waals surface area contributed by atoms with Gasteiger partial charge in [-0.1, -0.05) is 71.8 Å². The summed E-state index contributed by atoms with van der Waals surface area (Å²) in [6.45, 7) is 0.369. The molecule has 2 aliphatic rings. The summed E-state index contributed by atoms with van der Waals surface area (Å²) in [6.07, 6.45) is 10.9. The molecule has 0 spiro atoms. The number of ether oxygens (including phenoxy) is 1. The second-order valence-electron chi connectivity index (χ2n) is 9.99.